The van der Waals surface area contributed by atoms with Crippen molar-refractivity contribution >= 4 is 11.9 Å². The number of hydrogen-bond donors (Lipinski definition) is 3. The Labute approximate surface area is 119 Å². The molecule has 1 aromatic rings. The summed E-state index contributed by atoms with van der Waals surface area (Å²) in [5.41, 5.74) is 6.53. The van der Waals surface area contributed by atoms with E-state index in [1.807, 2.05) is 30.3 Å². The summed E-state index contributed by atoms with van der Waals surface area (Å²) in [5.74, 6) is 0.0340. The molecule has 108 valence electrons. The summed E-state index contributed by atoms with van der Waals surface area (Å²) in [5, 5.41) is 10.4. The van der Waals surface area contributed by atoms with Gasteiger partial charge in [-0.2, -0.15) is 0 Å². The van der Waals surface area contributed by atoms with Crippen LogP contribution in [0.15, 0.2) is 30.3 Å². The molecule has 2 amide bonds. The Hall–Kier alpha value is -2.04. The maximum atomic E-state index is 12.3. The van der Waals surface area contributed by atoms with Crippen LogP contribution < -0.4 is 11.1 Å². The van der Waals surface area contributed by atoms with E-state index in [9.17, 15) is 4.79 Å². The average molecular weight is 274 g/mol. The van der Waals surface area contributed by atoms with Crippen LogP contribution in [0.5, 0.6) is 0 Å². The third-order valence-electron chi connectivity index (χ3n) is 3.65. The Bertz CT molecular complexity index is 454. The van der Waals surface area contributed by atoms with Gasteiger partial charge in [0.1, 0.15) is 5.84 Å². The Morgan fingerprint density at radius 1 is 1.30 bits per heavy atom. The van der Waals surface area contributed by atoms with Crippen molar-refractivity contribution in [2.24, 2.45) is 5.73 Å². The molecular formula is C15H22N4O. The quantitative estimate of drug-likeness (QED) is 0.567. The van der Waals surface area contributed by atoms with Gasteiger partial charge < -0.3 is 16.0 Å². The molecule has 0 radical (unpaired) electrons. The minimum atomic E-state index is -0.129. The Kier molecular flexibility index (Phi) is 4.98. The summed E-state index contributed by atoms with van der Waals surface area (Å²) in [6, 6.07) is 9.89. The van der Waals surface area contributed by atoms with Gasteiger partial charge in [0.15, 0.2) is 0 Å². The van der Waals surface area contributed by atoms with Crippen LogP contribution in [0.4, 0.5) is 4.79 Å². The molecule has 0 aromatic heterocycles. The first-order chi connectivity index (χ1) is 9.66. The molecule has 0 saturated heterocycles. The van der Waals surface area contributed by atoms with Crippen LogP contribution in [-0.2, 0) is 6.54 Å². The summed E-state index contributed by atoms with van der Waals surface area (Å²) < 4.78 is 0. The Balaban J connectivity index is 1.93. The summed E-state index contributed by atoms with van der Waals surface area (Å²) >= 11 is 0. The van der Waals surface area contributed by atoms with E-state index in [0.717, 1.165) is 31.2 Å². The van der Waals surface area contributed by atoms with Crippen molar-refractivity contribution in [3.63, 3.8) is 0 Å². The SMILES string of the molecule is N=C(N)CN(C(=O)NCc1ccccc1)C1CCCC1. The topological polar surface area (TPSA) is 82.2 Å². The molecular weight excluding hydrogens is 252 g/mol. The molecule has 0 unspecified atom stereocenters. The molecule has 0 atom stereocenters. The molecule has 0 bridgehead atoms. The molecule has 1 aromatic carbocycles. The summed E-state index contributed by atoms with van der Waals surface area (Å²) in [6.45, 7) is 0.714. The van der Waals surface area contributed by atoms with Crippen LogP contribution in [0.1, 0.15) is 31.2 Å². The second-order valence-electron chi connectivity index (χ2n) is 5.24. The summed E-state index contributed by atoms with van der Waals surface area (Å²) in [6.07, 6.45) is 4.30. The lowest BCUT2D eigenvalue weighted by atomic mass is 10.2. The molecule has 4 N–H and O–H groups in total. The predicted molar refractivity (Wildman–Crippen MR) is 79.6 cm³/mol. The fourth-order valence-electron chi connectivity index (χ4n) is 2.64. The van der Waals surface area contributed by atoms with Crippen LogP contribution in [0, 0.1) is 5.41 Å². The van der Waals surface area contributed by atoms with Gasteiger partial charge in [-0.3, -0.25) is 5.41 Å². The highest BCUT2D eigenvalue weighted by atomic mass is 16.2. The van der Waals surface area contributed by atoms with Gasteiger partial charge in [-0.05, 0) is 18.4 Å². The molecule has 1 aliphatic rings. The first kappa shape index (κ1) is 14.4. The van der Waals surface area contributed by atoms with Crippen LogP contribution >= 0.6 is 0 Å². The zero-order chi connectivity index (χ0) is 14.4. The minimum Gasteiger partial charge on any atom is -0.386 e. The van der Waals surface area contributed by atoms with Crippen molar-refractivity contribution in [1.82, 2.24) is 10.2 Å². The highest BCUT2D eigenvalue weighted by molar-refractivity contribution is 5.84. The van der Waals surface area contributed by atoms with Gasteiger partial charge >= 0.3 is 6.03 Å². The lowest BCUT2D eigenvalue weighted by Gasteiger charge is -2.28. The van der Waals surface area contributed by atoms with Crippen molar-refractivity contribution in [2.45, 2.75) is 38.3 Å². The summed E-state index contributed by atoms with van der Waals surface area (Å²) in [7, 11) is 0. The third-order valence-corrected chi connectivity index (χ3v) is 3.65. The number of nitrogens with two attached hydrogens (primary N) is 1. The second-order valence-corrected chi connectivity index (χ2v) is 5.24. The fraction of sp³-hybridized carbons (Fsp3) is 0.467. The molecule has 0 aliphatic heterocycles. The first-order valence-corrected chi connectivity index (χ1v) is 7.08. The van der Waals surface area contributed by atoms with Crippen LogP contribution in [-0.4, -0.2) is 29.4 Å². The molecule has 1 saturated carbocycles. The Morgan fingerprint density at radius 3 is 2.55 bits per heavy atom. The highest BCUT2D eigenvalue weighted by Gasteiger charge is 2.26. The van der Waals surface area contributed by atoms with Gasteiger partial charge in [0, 0.05) is 12.6 Å². The van der Waals surface area contributed by atoms with E-state index >= 15 is 0 Å². The lowest BCUT2D eigenvalue weighted by molar-refractivity contribution is 0.184. The second kappa shape index (κ2) is 6.93. The number of carbonyl (C=O) groups is 1. The maximum absolute atomic E-state index is 12.3. The number of carbonyl (C=O) groups excluding carboxylic acids is 1. The monoisotopic (exact) mass is 274 g/mol. The highest BCUT2D eigenvalue weighted by Crippen LogP contribution is 2.23. The number of amides is 2. The average Bonchev–Trinajstić information content (AvgIpc) is 2.97. The number of nitrogens with one attached hydrogen (secondary N) is 2. The molecule has 1 aliphatic carbocycles. The van der Waals surface area contributed by atoms with Gasteiger partial charge in [0.2, 0.25) is 0 Å². The van der Waals surface area contributed by atoms with E-state index in [1.54, 1.807) is 4.90 Å². The van der Waals surface area contributed by atoms with Crippen molar-refractivity contribution in [3.8, 4) is 0 Å². The van der Waals surface area contributed by atoms with E-state index in [1.165, 1.54) is 0 Å². The number of hydrogen-bond acceptors (Lipinski definition) is 2. The minimum absolute atomic E-state index is 0.0340. The van der Waals surface area contributed by atoms with Crippen molar-refractivity contribution in [1.29, 1.82) is 5.41 Å². The summed E-state index contributed by atoms with van der Waals surface area (Å²) in [4.78, 5) is 14.0. The predicted octanol–water partition coefficient (Wildman–Crippen LogP) is 2.08. The number of rotatable bonds is 5. The van der Waals surface area contributed by atoms with Crippen molar-refractivity contribution in [3.05, 3.63) is 35.9 Å². The number of urea groups is 1. The maximum Gasteiger partial charge on any atom is 0.318 e. The van der Waals surface area contributed by atoms with Gasteiger partial charge in [0.25, 0.3) is 0 Å². The smallest absolute Gasteiger partial charge is 0.318 e. The van der Waals surface area contributed by atoms with Crippen LogP contribution in [0.3, 0.4) is 0 Å². The molecule has 20 heavy (non-hydrogen) atoms. The van der Waals surface area contributed by atoms with Gasteiger partial charge in [0.05, 0.1) is 6.54 Å². The zero-order valence-electron chi connectivity index (χ0n) is 11.6. The normalized spacial score (nSPS) is 15.0. The largest absolute Gasteiger partial charge is 0.386 e. The molecule has 5 heteroatoms. The van der Waals surface area contributed by atoms with Crippen molar-refractivity contribution < 1.29 is 4.79 Å². The molecule has 1 fully saturated rings. The number of amidine groups is 1. The molecule has 5 nitrogen and oxygen atoms in total. The first-order valence-electron chi connectivity index (χ1n) is 7.08. The third kappa shape index (κ3) is 3.98. The van der Waals surface area contributed by atoms with Crippen LogP contribution in [0.2, 0.25) is 0 Å². The zero-order valence-corrected chi connectivity index (χ0v) is 11.6. The molecule has 0 spiro atoms. The van der Waals surface area contributed by atoms with E-state index in [4.69, 9.17) is 11.1 Å². The lowest BCUT2D eigenvalue weighted by Crippen LogP contribution is -2.48. The number of benzene rings is 1. The van der Waals surface area contributed by atoms with E-state index < -0.39 is 0 Å². The van der Waals surface area contributed by atoms with Gasteiger partial charge in [-0.25, -0.2) is 4.79 Å². The van der Waals surface area contributed by atoms with Crippen molar-refractivity contribution in [2.75, 3.05) is 6.54 Å². The van der Waals surface area contributed by atoms with E-state index in [2.05, 4.69) is 5.32 Å². The van der Waals surface area contributed by atoms with Crippen LogP contribution in [0.25, 0.3) is 0 Å². The van der Waals surface area contributed by atoms with Gasteiger partial charge in [-0.1, -0.05) is 43.2 Å². The molecule has 2 rings (SSSR count). The Morgan fingerprint density at radius 2 is 1.95 bits per heavy atom. The van der Waals surface area contributed by atoms with E-state index in [0.29, 0.717) is 6.54 Å². The van der Waals surface area contributed by atoms with Gasteiger partial charge in [-0.15, -0.1) is 0 Å². The molecule has 0 heterocycles. The van der Waals surface area contributed by atoms with E-state index in [-0.39, 0.29) is 24.5 Å². The standard InChI is InChI=1S/C15H22N4O/c16-14(17)11-19(13-8-4-5-9-13)15(20)18-10-12-6-2-1-3-7-12/h1-3,6-7,13H,4-5,8-11H2,(H3,16,17)(H,18,20). The number of nitrogens with zero attached hydrogens (tertiary/aromatic N) is 1. The fourth-order valence-corrected chi connectivity index (χ4v) is 2.64.